The molecule has 0 aliphatic carbocycles. The molecule has 2 aromatic carbocycles. The first-order valence-corrected chi connectivity index (χ1v) is 7.93. The molecule has 1 aromatic heterocycles. The van der Waals surface area contributed by atoms with Crippen molar-refractivity contribution >= 4 is 11.6 Å². The van der Waals surface area contributed by atoms with Gasteiger partial charge >= 0.3 is 0 Å². The number of halogens is 1. The molecular weight excluding hydrogens is 306 g/mol. The smallest absolute Gasteiger partial charge is 0.137 e. The molecule has 0 bridgehead atoms. The molecule has 2 nitrogen and oxygen atoms in total. The Hall–Kier alpha value is -2.32. The topological polar surface area (TPSA) is 22.1 Å². The minimum atomic E-state index is 0.155. The third-order valence-corrected chi connectivity index (χ3v) is 4.12. The van der Waals surface area contributed by atoms with Crippen LogP contribution in [0.4, 0.5) is 0 Å². The third-order valence-electron chi connectivity index (χ3n) is 3.89. The number of hydrogen-bond donors (Lipinski definition) is 0. The maximum absolute atomic E-state index is 6.19. The molecular formula is C20H18ClNO. The molecule has 116 valence electrons. The van der Waals surface area contributed by atoms with E-state index in [-0.39, 0.29) is 5.92 Å². The van der Waals surface area contributed by atoms with E-state index < -0.39 is 0 Å². The zero-order chi connectivity index (χ0) is 16.1. The fourth-order valence-electron chi connectivity index (χ4n) is 2.68. The zero-order valence-electron chi connectivity index (χ0n) is 12.9. The molecule has 1 unspecified atom stereocenters. The van der Waals surface area contributed by atoms with Crippen molar-refractivity contribution in [1.29, 1.82) is 0 Å². The summed E-state index contributed by atoms with van der Waals surface area (Å²) in [5.74, 6) is 0.917. The first-order chi connectivity index (χ1) is 11.3. The van der Waals surface area contributed by atoms with Crippen molar-refractivity contribution in [1.82, 2.24) is 4.98 Å². The van der Waals surface area contributed by atoms with Crippen molar-refractivity contribution in [3.63, 3.8) is 0 Å². The first kappa shape index (κ1) is 15.6. The van der Waals surface area contributed by atoms with E-state index in [1.807, 2.05) is 36.4 Å². The van der Waals surface area contributed by atoms with Gasteiger partial charge in [-0.05, 0) is 41.8 Å². The summed E-state index contributed by atoms with van der Waals surface area (Å²) in [5, 5.41) is 0.745. The van der Waals surface area contributed by atoms with Gasteiger partial charge in [0.2, 0.25) is 0 Å². The average molecular weight is 324 g/mol. The predicted molar refractivity (Wildman–Crippen MR) is 94.2 cm³/mol. The van der Waals surface area contributed by atoms with Gasteiger partial charge in [-0.3, -0.25) is 4.98 Å². The van der Waals surface area contributed by atoms with Crippen molar-refractivity contribution < 1.29 is 4.74 Å². The van der Waals surface area contributed by atoms with Gasteiger partial charge in [-0.15, -0.1) is 0 Å². The second-order valence-electron chi connectivity index (χ2n) is 5.42. The van der Waals surface area contributed by atoms with Crippen LogP contribution in [-0.4, -0.2) is 12.1 Å². The summed E-state index contributed by atoms with van der Waals surface area (Å²) in [4.78, 5) is 4.58. The summed E-state index contributed by atoms with van der Waals surface area (Å²) in [6.45, 7) is 0. The Balaban J connectivity index is 1.98. The summed E-state index contributed by atoms with van der Waals surface area (Å²) < 4.78 is 5.21. The predicted octanol–water partition coefficient (Wildman–Crippen LogP) is 5.12. The fraction of sp³-hybridized carbons (Fsp3) is 0.150. The lowest BCUT2D eigenvalue weighted by molar-refractivity contribution is 0.412. The minimum Gasteiger partial charge on any atom is -0.495 e. The fourth-order valence-corrected chi connectivity index (χ4v) is 2.88. The quantitative estimate of drug-likeness (QED) is 0.650. The molecule has 3 heteroatoms. The van der Waals surface area contributed by atoms with Crippen molar-refractivity contribution in [2.24, 2.45) is 0 Å². The Labute approximate surface area is 141 Å². The lowest BCUT2D eigenvalue weighted by Gasteiger charge is -2.18. The van der Waals surface area contributed by atoms with Crippen LogP contribution < -0.4 is 4.74 Å². The van der Waals surface area contributed by atoms with E-state index in [2.05, 4.69) is 35.3 Å². The Morgan fingerprint density at radius 2 is 1.83 bits per heavy atom. The summed E-state index contributed by atoms with van der Waals surface area (Å²) in [7, 11) is 1.65. The van der Waals surface area contributed by atoms with Crippen LogP contribution in [0.2, 0.25) is 5.02 Å². The van der Waals surface area contributed by atoms with E-state index in [1.165, 1.54) is 11.1 Å². The van der Waals surface area contributed by atoms with Crippen LogP contribution in [0, 0.1) is 0 Å². The minimum absolute atomic E-state index is 0.155. The van der Waals surface area contributed by atoms with Crippen LogP contribution in [0.5, 0.6) is 5.75 Å². The van der Waals surface area contributed by atoms with Crippen LogP contribution in [0.15, 0.2) is 72.9 Å². The highest BCUT2D eigenvalue weighted by atomic mass is 35.5. The van der Waals surface area contributed by atoms with Crippen molar-refractivity contribution in [3.05, 3.63) is 94.8 Å². The number of ether oxygens (including phenoxy) is 1. The van der Waals surface area contributed by atoms with Crippen LogP contribution in [-0.2, 0) is 6.42 Å². The van der Waals surface area contributed by atoms with Crippen molar-refractivity contribution in [3.8, 4) is 5.75 Å². The van der Waals surface area contributed by atoms with E-state index in [9.17, 15) is 0 Å². The first-order valence-electron chi connectivity index (χ1n) is 7.55. The van der Waals surface area contributed by atoms with Gasteiger partial charge in [0, 0.05) is 16.6 Å². The average Bonchev–Trinajstić information content (AvgIpc) is 2.61. The largest absolute Gasteiger partial charge is 0.495 e. The standard InChI is InChI=1S/C20H18ClNO/c1-23-18-10-11-20(22-14-18)19(12-15-6-3-2-4-7-15)16-8-5-9-17(21)13-16/h2-11,13-14,19H,12H2,1H3. The molecule has 0 saturated carbocycles. The molecule has 0 aliphatic heterocycles. The van der Waals surface area contributed by atoms with Gasteiger partial charge in [0.15, 0.2) is 0 Å². The van der Waals surface area contributed by atoms with E-state index in [0.717, 1.165) is 22.9 Å². The maximum Gasteiger partial charge on any atom is 0.137 e. The number of methoxy groups -OCH3 is 1. The molecule has 1 heterocycles. The van der Waals surface area contributed by atoms with E-state index in [0.29, 0.717) is 0 Å². The molecule has 3 rings (SSSR count). The molecule has 0 fully saturated rings. The lowest BCUT2D eigenvalue weighted by atomic mass is 9.89. The van der Waals surface area contributed by atoms with Crippen molar-refractivity contribution in [2.45, 2.75) is 12.3 Å². The normalized spacial score (nSPS) is 11.9. The van der Waals surface area contributed by atoms with E-state index in [1.54, 1.807) is 13.3 Å². The van der Waals surface area contributed by atoms with Crippen LogP contribution in [0.25, 0.3) is 0 Å². The molecule has 1 atom stereocenters. The number of nitrogens with zero attached hydrogens (tertiary/aromatic N) is 1. The third kappa shape index (κ3) is 3.91. The zero-order valence-corrected chi connectivity index (χ0v) is 13.7. The molecule has 3 aromatic rings. The molecule has 0 saturated heterocycles. The van der Waals surface area contributed by atoms with Gasteiger partial charge in [-0.2, -0.15) is 0 Å². The molecule has 0 aliphatic rings. The van der Waals surface area contributed by atoms with Crippen LogP contribution in [0.1, 0.15) is 22.7 Å². The molecule has 0 N–H and O–H groups in total. The van der Waals surface area contributed by atoms with Crippen molar-refractivity contribution in [2.75, 3.05) is 7.11 Å². The van der Waals surface area contributed by atoms with Gasteiger partial charge in [0.25, 0.3) is 0 Å². The Bertz CT molecular complexity index is 756. The second kappa shape index (κ2) is 7.30. The summed E-state index contributed by atoms with van der Waals surface area (Å²) in [5.41, 5.74) is 3.45. The number of aromatic nitrogens is 1. The monoisotopic (exact) mass is 323 g/mol. The lowest BCUT2D eigenvalue weighted by Crippen LogP contribution is -2.07. The molecule has 0 radical (unpaired) electrons. The van der Waals surface area contributed by atoms with Gasteiger partial charge in [0.05, 0.1) is 13.3 Å². The Kier molecular flexibility index (Phi) is 4.94. The SMILES string of the molecule is COc1ccc(C(Cc2ccccc2)c2cccc(Cl)c2)nc1. The number of hydrogen-bond acceptors (Lipinski definition) is 2. The maximum atomic E-state index is 6.19. The number of pyridine rings is 1. The van der Waals surface area contributed by atoms with Gasteiger partial charge in [0.1, 0.15) is 5.75 Å². The number of rotatable bonds is 5. The highest BCUT2D eigenvalue weighted by molar-refractivity contribution is 6.30. The van der Waals surface area contributed by atoms with Crippen LogP contribution in [0.3, 0.4) is 0 Å². The molecule has 23 heavy (non-hydrogen) atoms. The van der Waals surface area contributed by atoms with Gasteiger partial charge < -0.3 is 4.74 Å². The summed E-state index contributed by atoms with van der Waals surface area (Å²) in [6, 6.07) is 22.4. The highest BCUT2D eigenvalue weighted by Crippen LogP contribution is 2.29. The van der Waals surface area contributed by atoms with E-state index >= 15 is 0 Å². The van der Waals surface area contributed by atoms with Gasteiger partial charge in [-0.1, -0.05) is 54.1 Å². The Morgan fingerprint density at radius 3 is 2.48 bits per heavy atom. The molecule has 0 amide bonds. The van der Waals surface area contributed by atoms with E-state index in [4.69, 9.17) is 16.3 Å². The summed E-state index contributed by atoms with van der Waals surface area (Å²) in [6.07, 6.45) is 2.64. The van der Waals surface area contributed by atoms with Gasteiger partial charge in [-0.25, -0.2) is 0 Å². The molecule has 0 spiro atoms. The Morgan fingerprint density at radius 1 is 1.00 bits per heavy atom. The number of benzene rings is 2. The second-order valence-corrected chi connectivity index (χ2v) is 5.86. The summed E-state index contributed by atoms with van der Waals surface area (Å²) >= 11 is 6.19. The highest BCUT2D eigenvalue weighted by Gasteiger charge is 2.17. The van der Waals surface area contributed by atoms with Crippen LogP contribution >= 0.6 is 11.6 Å².